The first-order chi connectivity index (χ1) is 20.8. The lowest BCUT2D eigenvalue weighted by Gasteiger charge is -2.14. The van der Waals surface area contributed by atoms with E-state index in [9.17, 15) is 0 Å². The van der Waals surface area contributed by atoms with Gasteiger partial charge < -0.3 is 0 Å². The number of hydrogen-bond donors (Lipinski definition) is 2. The molecule has 0 saturated heterocycles. The van der Waals surface area contributed by atoms with E-state index in [0.29, 0.717) is 11.6 Å². The summed E-state index contributed by atoms with van der Waals surface area (Å²) in [7, 11) is 0. The van der Waals surface area contributed by atoms with Crippen LogP contribution in [-0.2, 0) is 12.8 Å². The van der Waals surface area contributed by atoms with Crippen LogP contribution in [0.5, 0.6) is 0 Å². The third kappa shape index (κ3) is 5.74. The minimum absolute atomic E-state index is 0.184. The largest absolute Gasteiger partial charge is 0.262 e. The first-order valence-electron chi connectivity index (χ1n) is 14.3. The van der Waals surface area contributed by atoms with Gasteiger partial charge in [0.1, 0.15) is 5.82 Å². The monoisotopic (exact) mass is 546 g/mol. The molecule has 4 aromatic carbocycles. The second-order valence-corrected chi connectivity index (χ2v) is 10.6. The minimum atomic E-state index is 0.184. The summed E-state index contributed by atoms with van der Waals surface area (Å²) >= 11 is 0. The van der Waals surface area contributed by atoms with Gasteiger partial charge in [-0.1, -0.05) is 121 Å². The van der Waals surface area contributed by atoms with Crippen LogP contribution in [0.25, 0.3) is 34.2 Å². The van der Waals surface area contributed by atoms with Crippen LogP contribution in [0.3, 0.4) is 0 Å². The molecular weight excluding hydrogens is 516 g/mol. The summed E-state index contributed by atoms with van der Waals surface area (Å²) < 4.78 is 0. The molecule has 6 heteroatoms. The zero-order chi connectivity index (χ0) is 28.1. The Hall–Kier alpha value is -5.36. The van der Waals surface area contributed by atoms with Gasteiger partial charge in [0.05, 0.1) is 0 Å². The summed E-state index contributed by atoms with van der Waals surface area (Å²) in [5.74, 6) is 3.11. The Labute approximate surface area is 244 Å². The number of H-pyrrole nitrogens is 2. The third-order valence-electron chi connectivity index (χ3n) is 7.62. The Morgan fingerprint density at radius 2 is 1.24 bits per heavy atom. The van der Waals surface area contributed by atoms with Gasteiger partial charge >= 0.3 is 0 Å². The lowest BCUT2D eigenvalue weighted by atomic mass is 9.93. The summed E-state index contributed by atoms with van der Waals surface area (Å²) in [6, 6.07) is 37.6. The second-order valence-electron chi connectivity index (χ2n) is 10.6. The van der Waals surface area contributed by atoms with Gasteiger partial charge in [-0.25, -0.2) is 9.97 Å². The van der Waals surface area contributed by atoms with Gasteiger partial charge in [-0.2, -0.15) is 10.2 Å². The highest BCUT2D eigenvalue weighted by molar-refractivity contribution is 5.67. The number of benzene rings is 4. The fraction of sp³-hybridized carbons (Fsp3) is 0.111. The Bertz CT molecular complexity index is 1850. The molecular formula is C36H30N6. The quantitative estimate of drug-likeness (QED) is 0.205. The van der Waals surface area contributed by atoms with Crippen molar-refractivity contribution in [3.8, 4) is 34.2 Å². The van der Waals surface area contributed by atoms with Crippen molar-refractivity contribution < 1.29 is 0 Å². The Kier molecular flexibility index (Phi) is 7.09. The van der Waals surface area contributed by atoms with E-state index in [1.807, 2.05) is 30.3 Å². The van der Waals surface area contributed by atoms with Crippen molar-refractivity contribution in [2.24, 2.45) is 0 Å². The van der Waals surface area contributed by atoms with Gasteiger partial charge in [-0.15, -0.1) is 0 Å². The number of rotatable bonds is 8. The third-order valence-corrected chi connectivity index (χ3v) is 7.62. The first kappa shape index (κ1) is 25.6. The van der Waals surface area contributed by atoms with Gasteiger partial charge in [0, 0.05) is 22.6 Å². The van der Waals surface area contributed by atoms with Gasteiger partial charge in [0.15, 0.2) is 17.5 Å². The Morgan fingerprint density at radius 3 is 1.93 bits per heavy atom. The number of aromatic nitrogens is 6. The van der Waals surface area contributed by atoms with Crippen LogP contribution in [0, 0.1) is 0 Å². The number of aromatic amines is 2. The lowest BCUT2D eigenvalue weighted by Crippen LogP contribution is -2.02. The maximum Gasteiger partial charge on any atom is 0.181 e. The molecule has 0 saturated carbocycles. The molecule has 0 radical (unpaired) electrons. The SMILES string of the molecule is C1=CC(c2nc(-c3cccc(-c4n[nH]c(-c5ccc(Cc6ccccc6)cc5)n4)c3)n[nH]2)CC=C1Cc1ccccc1. The smallest absolute Gasteiger partial charge is 0.181 e. The number of hydrogen-bond acceptors (Lipinski definition) is 4. The van der Waals surface area contributed by atoms with E-state index in [1.165, 1.54) is 22.3 Å². The maximum atomic E-state index is 4.84. The van der Waals surface area contributed by atoms with Crippen molar-refractivity contribution in [2.75, 3.05) is 0 Å². The predicted octanol–water partition coefficient (Wildman–Crippen LogP) is 7.73. The average molecular weight is 547 g/mol. The van der Waals surface area contributed by atoms with E-state index >= 15 is 0 Å². The van der Waals surface area contributed by atoms with Gasteiger partial charge in [-0.05, 0) is 47.6 Å². The number of nitrogens with one attached hydrogen (secondary N) is 2. The fourth-order valence-electron chi connectivity index (χ4n) is 5.33. The van der Waals surface area contributed by atoms with Crippen LogP contribution in [0.2, 0.25) is 0 Å². The first-order valence-corrected chi connectivity index (χ1v) is 14.3. The molecule has 1 atom stereocenters. The molecule has 0 spiro atoms. The molecule has 42 heavy (non-hydrogen) atoms. The van der Waals surface area contributed by atoms with Crippen LogP contribution in [-0.4, -0.2) is 30.4 Å². The Morgan fingerprint density at radius 1 is 0.595 bits per heavy atom. The van der Waals surface area contributed by atoms with Crippen molar-refractivity contribution in [3.05, 3.63) is 156 Å². The molecule has 0 fully saturated rings. The van der Waals surface area contributed by atoms with Crippen molar-refractivity contribution >= 4 is 0 Å². The van der Waals surface area contributed by atoms with Gasteiger partial charge in [-0.3, -0.25) is 10.2 Å². The van der Waals surface area contributed by atoms with Crippen molar-refractivity contribution in [2.45, 2.75) is 25.2 Å². The highest BCUT2D eigenvalue weighted by atomic mass is 15.2. The number of nitrogens with zero attached hydrogens (tertiary/aromatic N) is 4. The zero-order valence-corrected chi connectivity index (χ0v) is 23.1. The topological polar surface area (TPSA) is 83.1 Å². The molecule has 2 aromatic heterocycles. The second kappa shape index (κ2) is 11.6. The van der Waals surface area contributed by atoms with Crippen molar-refractivity contribution in [1.82, 2.24) is 30.4 Å². The zero-order valence-electron chi connectivity index (χ0n) is 23.1. The van der Waals surface area contributed by atoms with Crippen LogP contribution in [0.1, 0.15) is 34.9 Å². The summed E-state index contributed by atoms with van der Waals surface area (Å²) in [5.41, 5.74) is 8.05. The van der Waals surface area contributed by atoms with Crippen LogP contribution >= 0.6 is 0 Å². The van der Waals surface area contributed by atoms with E-state index in [2.05, 4.69) is 117 Å². The lowest BCUT2D eigenvalue weighted by molar-refractivity contribution is 0.769. The molecule has 0 amide bonds. The summed E-state index contributed by atoms with van der Waals surface area (Å²) in [6.45, 7) is 0. The molecule has 7 rings (SSSR count). The molecule has 0 aliphatic heterocycles. The number of allylic oxidation sites excluding steroid dienone is 4. The minimum Gasteiger partial charge on any atom is -0.262 e. The normalized spacial score (nSPS) is 14.6. The molecule has 1 aliphatic rings. The van der Waals surface area contributed by atoms with E-state index in [1.54, 1.807) is 0 Å². The molecule has 1 unspecified atom stereocenters. The fourth-order valence-corrected chi connectivity index (χ4v) is 5.33. The van der Waals surface area contributed by atoms with Crippen molar-refractivity contribution in [1.29, 1.82) is 0 Å². The maximum absolute atomic E-state index is 4.84. The highest BCUT2D eigenvalue weighted by Crippen LogP contribution is 2.29. The van der Waals surface area contributed by atoms with E-state index < -0.39 is 0 Å². The average Bonchev–Trinajstić information content (AvgIpc) is 3.75. The molecule has 2 N–H and O–H groups in total. The van der Waals surface area contributed by atoms with Crippen LogP contribution in [0.4, 0.5) is 0 Å². The van der Waals surface area contributed by atoms with Gasteiger partial charge in [0.25, 0.3) is 0 Å². The Balaban J connectivity index is 1.03. The standard InChI is InChI=1S/C36H30N6/c1-3-8-25(9-4-1)22-27-14-18-29(19-15-27)33-37-35(41-39-33)31-12-7-13-32(24-31)36-38-34(40-42-36)30-20-16-28(17-21-30)23-26-10-5-2-6-11-26/h1-20,24,30H,21-23H2,(H,37,39,41)(H,38,40,42). The van der Waals surface area contributed by atoms with Crippen LogP contribution < -0.4 is 0 Å². The molecule has 0 bridgehead atoms. The van der Waals surface area contributed by atoms with E-state index in [0.717, 1.165) is 47.6 Å². The van der Waals surface area contributed by atoms with E-state index in [4.69, 9.17) is 9.97 Å². The molecule has 2 heterocycles. The van der Waals surface area contributed by atoms with Gasteiger partial charge in [0.2, 0.25) is 0 Å². The predicted molar refractivity (Wildman–Crippen MR) is 167 cm³/mol. The molecule has 204 valence electrons. The summed E-state index contributed by atoms with van der Waals surface area (Å²) in [4.78, 5) is 9.63. The van der Waals surface area contributed by atoms with E-state index in [-0.39, 0.29) is 5.92 Å². The van der Waals surface area contributed by atoms with Crippen molar-refractivity contribution in [3.63, 3.8) is 0 Å². The highest BCUT2D eigenvalue weighted by Gasteiger charge is 2.17. The molecule has 1 aliphatic carbocycles. The summed E-state index contributed by atoms with van der Waals surface area (Å²) in [6.07, 6.45) is 9.49. The van der Waals surface area contributed by atoms with Crippen LogP contribution in [0.15, 0.2) is 133 Å². The molecule has 6 aromatic rings. The molecule has 6 nitrogen and oxygen atoms in total. The summed E-state index contributed by atoms with van der Waals surface area (Å²) in [5, 5.41) is 15.3.